The van der Waals surface area contributed by atoms with E-state index in [4.69, 9.17) is 11.6 Å². The van der Waals surface area contributed by atoms with Gasteiger partial charge in [0.25, 0.3) is 11.5 Å². The molecule has 2 heterocycles. The van der Waals surface area contributed by atoms with Crippen LogP contribution in [0.5, 0.6) is 0 Å². The van der Waals surface area contributed by atoms with Gasteiger partial charge in [-0.3, -0.25) is 14.2 Å². The smallest absolute Gasteiger partial charge is 0.314 e. The summed E-state index contributed by atoms with van der Waals surface area (Å²) >= 11 is 5.81. The summed E-state index contributed by atoms with van der Waals surface area (Å²) in [7, 11) is -3.37. The van der Waals surface area contributed by atoms with Crippen molar-refractivity contribution >= 4 is 27.5 Å². The number of hydrogen-bond donors (Lipinski definition) is 2. The van der Waals surface area contributed by atoms with Crippen LogP contribution in [0.2, 0.25) is 5.02 Å². The van der Waals surface area contributed by atoms with E-state index in [0.29, 0.717) is 12.1 Å². The lowest BCUT2D eigenvalue weighted by molar-refractivity contribution is -0.144. The highest BCUT2D eigenvalue weighted by molar-refractivity contribution is 7.90. The lowest BCUT2D eigenvalue weighted by Gasteiger charge is -2.26. The molecule has 0 radical (unpaired) electrons. The molecule has 1 amide bonds. The van der Waals surface area contributed by atoms with E-state index in [-0.39, 0.29) is 28.3 Å². The van der Waals surface area contributed by atoms with Gasteiger partial charge in [-0.1, -0.05) is 11.6 Å². The second-order valence-electron chi connectivity index (χ2n) is 6.58. The van der Waals surface area contributed by atoms with Crippen LogP contribution in [0.15, 0.2) is 27.8 Å². The van der Waals surface area contributed by atoms with Crippen molar-refractivity contribution in [3.8, 4) is 5.69 Å². The van der Waals surface area contributed by atoms with E-state index in [1.165, 1.54) is 0 Å². The maximum atomic E-state index is 14.5. The molecule has 3 rings (SSSR count). The number of nitrogens with zero attached hydrogens (tertiary/aromatic N) is 2. The third kappa shape index (κ3) is 4.22. The van der Waals surface area contributed by atoms with E-state index in [0.717, 1.165) is 7.05 Å². The molecule has 1 fully saturated rings. The monoisotopic (exact) mass is 484 g/mol. The Morgan fingerprint density at radius 3 is 2.35 bits per heavy atom. The number of carbonyl (C=O) groups excluding carboxylic acids is 1. The van der Waals surface area contributed by atoms with Crippen molar-refractivity contribution < 1.29 is 30.8 Å². The van der Waals surface area contributed by atoms with E-state index in [2.05, 4.69) is 5.32 Å². The highest BCUT2D eigenvalue weighted by Crippen LogP contribution is 2.27. The number of nitrogens with one attached hydrogen (secondary N) is 2. The van der Waals surface area contributed by atoms with Gasteiger partial charge in [0.05, 0.1) is 16.3 Å². The fourth-order valence-corrected chi connectivity index (χ4v) is 4.20. The summed E-state index contributed by atoms with van der Waals surface area (Å²) in [5, 5.41) is 1.27. The lowest BCUT2D eigenvalue weighted by atomic mass is 10.1. The van der Waals surface area contributed by atoms with Crippen molar-refractivity contribution in [2.75, 3.05) is 13.1 Å². The van der Waals surface area contributed by atoms with Crippen LogP contribution in [0.25, 0.3) is 5.69 Å². The third-order valence-corrected chi connectivity index (χ3v) is 6.54. The van der Waals surface area contributed by atoms with E-state index >= 15 is 0 Å². The van der Waals surface area contributed by atoms with Gasteiger partial charge in [-0.25, -0.2) is 26.9 Å². The van der Waals surface area contributed by atoms with Crippen molar-refractivity contribution in [1.29, 1.82) is 0 Å². The Morgan fingerprint density at radius 2 is 1.84 bits per heavy atom. The van der Waals surface area contributed by atoms with Gasteiger partial charge in [-0.2, -0.15) is 13.2 Å². The molecule has 0 aliphatic carbocycles. The van der Waals surface area contributed by atoms with Crippen LogP contribution in [0.4, 0.5) is 17.6 Å². The molecule has 15 heteroatoms. The molecule has 0 spiro atoms. The Balaban J connectivity index is 2.12. The lowest BCUT2D eigenvalue weighted by Crippen LogP contribution is -2.55. The maximum absolute atomic E-state index is 14.5. The minimum Gasteiger partial charge on any atom is -0.314 e. The van der Waals surface area contributed by atoms with Crippen molar-refractivity contribution in [3.05, 3.63) is 61.1 Å². The van der Waals surface area contributed by atoms with Crippen molar-refractivity contribution in [3.63, 3.8) is 0 Å². The first-order valence-electron chi connectivity index (χ1n) is 8.40. The normalized spacial score (nSPS) is 14.9. The average molecular weight is 485 g/mol. The summed E-state index contributed by atoms with van der Waals surface area (Å²) < 4.78 is 79.6. The molecule has 0 saturated carbocycles. The quantitative estimate of drug-likeness (QED) is 0.606. The van der Waals surface area contributed by atoms with Gasteiger partial charge in [0.2, 0.25) is 10.0 Å². The van der Waals surface area contributed by atoms with Crippen molar-refractivity contribution in [2.24, 2.45) is 7.05 Å². The van der Waals surface area contributed by atoms with Gasteiger partial charge >= 0.3 is 11.9 Å². The molecule has 2 N–H and O–H groups in total. The molecule has 1 aromatic heterocycles. The van der Waals surface area contributed by atoms with Crippen LogP contribution in [0, 0.1) is 5.82 Å². The number of hydrogen-bond acceptors (Lipinski definition) is 6. The molecule has 1 aliphatic heterocycles. The van der Waals surface area contributed by atoms with Gasteiger partial charge in [0, 0.05) is 26.2 Å². The number of amides is 1. The SMILES string of the molecule is Cn1c(C(F)(F)F)cc(=O)n(-c2cc(C(=O)NS(=O)(=O)C3CNC3)c(Cl)cc2F)c1=O. The van der Waals surface area contributed by atoms with Crippen LogP contribution in [-0.2, 0) is 23.2 Å². The second-order valence-corrected chi connectivity index (χ2v) is 8.95. The summed E-state index contributed by atoms with van der Waals surface area (Å²) in [5.74, 6) is -2.57. The van der Waals surface area contributed by atoms with Gasteiger partial charge in [0.15, 0.2) is 0 Å². The number of carbonyl (C=O) groups is 1. The topological polar surface area (TPSA) is 119 Å². The van der Waals surface area contributed by atoms with Gasteiger partial charge < -0.3 is 5.32 Å². The number of benzene rings is 1. The van der Waals surface area contributed by atoms with Crippen LogP contribution >= 0.6 is 11.6 Å². The number of halogens is 5. The Labute approximate surface area is 176 Å². The van der Waals surface area contributed by atoms with Crippen LogP contribution < -0.4 is 21.3 Å². The number of aromatic nitrogens is 2. The Morgan fingerprint density at radius 1 is 1.23 bits per heavy atom. The molecule has 1 aliphatic rings. The molecule has 0 atom stereocenters. The fraction of sp³-hybridized carbons (Fsp3) is 0.312. The van der Waals surface area contributed by atoms with Crippen molar-refractivity contribution in [1.82, 2.24) is 19.2 Å². The summed E-state index contributed by atoms with van der Waals surface area (Å²) in [4.78, 5) is 37.0. The molecule has 1 saturated heterocycles. The minimum absolute atomic E-state index is 0.0715. The number of alkyl halides is 3. The second kappa shape index (κ2) is 7.76. The Bertz CT molecular complexity index is 1300. The van der Waals surface area contributed by atoms with Crippen LogP contribution in [0.1, 0.15) is 16.1 Å². The van der Waals surface area contributed by atoms with Crippen LogP contribution in [0.3, 0.4) is 0 Å². The third-order valence-electron chi connectivity index (χ3n) is 4.55. The molecule has 0 bridgehead atoms. The van der Waals surface area contributed by atoms with E-state index in [1.54, 1.807) is 4.72 Å². The maximum Gasteiger partial charge on any atom is 0.431 e. The number of rotatable bonds is 4. The fourth-order valence-electron chi connectivity index (χ4n) is 2.75. The Hall–Kier alpha value is -2.71. The summed E-state index contributed by atoms with van der Waals surface area (Å²) in [6, 6.07) is 1.23. The largest absolute Gasteiger partial charge is 0.431 e. The molecule has 0 unspecified atom stereocenters. The van der Waals surface area contributed by atoms with E-state index in [9.17, 15) is 40.4 Å². The molecular weight excluding hydrogens is 472 g/mol. The summed E-state index contributed by atoms with van der Waals surface area (Å²) in [6.45, 7) is 0.198. The summed E-state index contributed by atoms with van der Waals surface area (Å²) in [6.07, 6.45) is -5.03. The zero-order valence-corrected chi connectivity index (χ0v) is 17.0. The molecule has 31 heavy (non-hydrogen) atoms. The molecule has 9 nitrogen and oxygen atoms in total. The summed E-state index contributed by atoms with van der Waals surface area (Å²) in [5.41, 5.74) is -6.11. The first-order chi connectivity index (χ1) is 14.2. The minimum atomic E-state index is -5.03. The average Bonchev–Trinajstić information content (AvgIpc) is 2.56. The predicted molar refractivity (Wildman–Crippen MR) is 100 cm³/mol. The van der Waals surface area contributed by atoms with Gasteiger partial charge in [-0.05, 0) is 12.1 Å². The molecule has 2 aromatic rings. The van der Waals surface area contributed by atoms with Gasteiger partial charge in [-0.15, -0.1) is 0 Å². The van der Waals surface area contributed by atoms with Crippen LogP contribution in [-0.4, -0.2) is 41.8 Å². The highest BCUT2D eigenvalue weighted by Gasteiger charge is 2.36. The molecule has 1 aromatic carbocycles. The first-order valence-corrected chi connectivity index (χ1v) is 10.3. The predicted octanol–water partition coefficient (Wildman–Crippen LogP) is 0.379. The molecular formula is C16H13ClF4N4O5S. The van der Waals surface area contributed by atoms with E-state index < -0.39 is 66.4 Å². The molecule has 168 valence electrons. The zero-order valence-electron chi connectivity index (χ0n) is 15.5. The first kappa shape index (κ1) is 23.0. The number of sulfonamides is 1. The highest BCUT2D eigenvalue weighted by atomic mass is 35.5. The van der Waals surface area contributed by atoms with Crippen molar-refractivity contribution in [2.45, 2.75) is 11.4 Å². The van der Waals surface area contributed by atoms with Gasteiger partial charge in [0.1, 0.15) is 16.8 Å². The zero-order chi connectivity index (χ0) is 23.3. The van der Waals surface area contributed by atoms with E-state index in [1.807, 2.05) is 0 Å². The standard InChI is InChI=1S/C16H13ClF4N4O5S/c1-24-12(16(19,20)21)4-13(26)25(15(24)28)11-2-8(9(17)3-10(11)18)14(27)23-31(29,30)7-5-22-6-7/h2-4,7,22H,5-6H2,1H3,(H,23,27). The Kier molecular flexibility index (Phi) is 5.75.